The fourth-order valence-electron chi connectivity index (χ4n) is 6.55. The van der Waals surface area contributed by atoms with E-state index in [-0.39, 0.29) is 8.41 Å². The van der Waals surface area contributed by atoms with Crippen molar-refractivity contribution in [3.63, 3.8) is 0 Å². The largest absolute Gasteiger partial charge is 0.136 e. The van der Waals surface area contributed by atoms with E-state index in [1.54, 1.807) is 11.1 Å². The SMILES string of the molecule is CCCCC1=Cc2c(-c3ccccc3)cccc2C1SC1C(CCCC=[Si](C)C)=Cc2c(-c3ccccc3)cccc21. The van der Waals surface area contributed by atoms with Crippen LogP contribution in [-0.4, -0.2) is 14.1 Å². The molecule has 0 spiro atoms. The summed E-state index contributed by atoms with van der Waals surface area (Å²) in [6.07, 6.45) is 12.4. The first-order valence-corrected chi connectivity index (χ1v) is 19.2. The molecule has 2 aliphatic rings. The quantitative estimate of drug-likeness (QED) is 0.125. The molecule has 0 aromatic heterocycles. The van der Waals surface area contributed by atoms with Crippen LogP contribution in [0.2, 0.25) is 13.1 Å². The predicted molar refractivity (Wildman–Crippen MR) is 190 cm³/mol. The third-order valence-corrected chi connectivity index (χ3v) is 11.4. The highest BCUT2D eigenvalue weighted by Crippen LogP contribution is 2.58. The van der Waals surface area contributed by atoms with Gasteiger partial charge in [0, 0.05) is 0 Å². The zero-order valence-corrected chi connectivity index (χ0v) is 27.1. The van der Waals surface area contributed by atoms with Crippen molar-refractivity contribution < 1.29 is 0 Å². The van der Waals surface area contributed by atoms with Gasteiger partial charge in [0.25, 0.3) is 0 Å². The lowest BCUT2D eigenvalue weighted by Crippen LogP contribution is -2.03. The van der Waals surface area contributed by atoms with Gasteiger partial charge in [-0.25, -0.2) is 0 Å². The van der Waals surface area contributed by atoms with Gasteiger partial charge in [-0.1, -0.05) is 147 Å². The molecule has 4 aromatic rings. The van der Waals surface area contributed by atoms with Gasteiger partial charge in [-0.2, -0.15) is 0 Å². The molecule has 0 nitrogen and oxygen atoms in total. The monoisotopic (exact) mass is 582 g/mol. The van der Waals surface area contributed by atoms with Crippen LogP contribution in [0.4, 0.5) is 0 Å². The Hall–Kier alpha value is -3.20. The number of rotatable bonds is 11. The molecule has 2 heteroatoms. The molecule has 0 radical (unpaired) electrons. The second-order valence-electron chi connectivity index (χ2n) is 12.0. The summed E-state index contributed by atoms with van der Waals surface area (Å²) in [5.41, 5.74) is 17.0. The molecule has 0 aliphatic heterocycles. The molecule has 0 fully saturated rings. The lowest BCUT2D eigenvalue weighted by molar-refractivity contribution is 0.775. The van der Waals surface area contributed by atoms with Gasteiger partial charge in [-0.05, 0) is 85.0 Å². The van der Waals surface area contributed by atoms with Crippen molar-refractivity contribution in [3.05, 3.63) is 130 Å². The number of hydrogen-bond acceptors (Lipinski definition) is 1. The van der Waals surface area contributed by atoms with Gasteiger partial charge in [0.2, 0.25) is 0 Å². The second kappa shape index (κ2) is 13.4. The summed E-state index contributed by atoms with van der Waals surface area (Å²) in [4.78, 5) is 0. The molecule has 0 saturated heterocycles. The Balaban J connectivity index is 1.39. The number of unbranched alkanes of at least 4 members (excludes halogenated alkanes) is 2. The molecule has 2 aliphatic carbocycles. The van der Waals surface area contributed by atoms with Crippen molar-refractivity contribution in [1.29, 1.82) is 0 Å². The van der Waals surface area contributed by atoms with Crippen LogP contribution in [0.1, 0.15) is 78.2 Å². The van der Waals surface area contributed by atoms with E-state index < -0.39 is 0 Å². The number of thioether (sulfide) groups is 1. The molecule has 0 heterocycles. The Labute approximate surface area is 258 Å². The van der Waals surface area contributed by atoms with Crippen LogP contribution in [0.3, 0.4) is 0 Å². The first-order chi connectivity index (χ1) is 20.6. The molecule has 212 valence electrons. The minimum Gasteiger partial charge on any atom is -0.136 e. The molecular formula is C40H42SSi. The van der Waals surface area contributed by atoms with Crippen LogP contribution in [0, 0.1) is 0 Å². The average molecular weight is 583 g/mol. The molecule has 0 bridgehead atoms. The minimum atomic E-state index is -0.290. The molecule has 2 atom stereocenters. The van der Waals surface area contributed by atoms with Crippen LogP contribution in [0.5, 0.6) is 0 Å². The van der Waals surface area contributed by atoms with Crippen molar-refractivity contribution in [2.75, 3.05) is 0 Å². The van der Waals surface area contributed by atoms with Crippen LogP contribution in [0.15, 0.2) is 108 Å². The lowest BCUT2D eigenvalue weighted by Gasteiger charge is -2.24. The summed E-state index contributed by atoms with van der Waals surface area (Å²) in [6, 6.07) is 35.9. The normalized spacial score (nSPS) is 16.9. The van der Waals surface area contributed by atoms with Crippen LogP contribution in [-0.2, 0) is 0 Å². The van der Waals surface area contributed by atoms with E-state index in [0.717, 1.165) is 0 Å². The Morgan fingerprint density at radius 3 is 1.60 bits per heavy atom. The highest BCUT2D eigenvalue weighted by Gasteiger charge is 2.34. The van der Waals surface area contributed by atoms with Gasteiger partial charge in [0.05, 0.1) is 10.5 Å². The predicted octanol–water partition coefficient (Wildman–Crippen LogP) is 11.8. The van der Waals surface area contributed by atoms with Gasteiger partial charge >= 0.3 is 0 Å². The van der Waals surface area contributed by atoms with Gasteiger partial charge in [0.15, 0.2) is 0 Å². The summed E-state index contributed by atoms with van der Waals surface area (Å²) in [7, 11) is -0.290. The first kappa shape index (κ1) is 28.9. The molecule has 6 rings (SSSR count). The number of fused-ring (bicyclic) bond motifs is 2. The highest BCUT2D eigenvalue weighted by atomic mass is 32.2. The smallest absolute Gasteiger partial charge is 0.0525 e. The van der Waals surface area contributed by atoms with Gasteiger partial charge in [-0.3, -0.25) is 0 Å². The molecule has 4 aromatic carbocycles. The van der Waals surface area contributed by atoms with E-state index in [4.69, 9.17) is 0 Å². The van der Waals surface area contributed by atoms with Crippen LogP contribution in [0.25, 0.3) is 34.4 Å². The zero-order chi connectivity index (χ0) is 28.9. The zero-order valence-electron chi connectivity index (χ0n) is 25.3. The minimum absolute atomic E-state index is 0.290. The summed E-state index contributed by atoms with van der Waals surface area (Å²) in [6.45, 7) is 7.10. The van der Waals surface area contributed by atoms with Gasteiger partial charge < -0.3 is 0 Å². The van der Waals surface area contributed by atoms with Crippen molar-refractivity contribution in [2.45, 2.75) is 69.0 Å². The van der Waals surface area contributed by atoms with Crippen LogP contribution >= 0.6 is 11.8 Å². The first-order valence-electron chi connectivity index (χ1n) is 15.7. The third-order valence-electron chi connectivity index (χ3n) is 8.66. The van der Waals surface area contributed by atoms with E-state index in [2.05, 4.69) is 147 Å². The summed E-state index contributed by atoms with van der Waals surface area (Å²) in [5.74, 6) is 0. The Kier molecular flexibility index (Phi) is 9.22. The highest BCUT2D eigenvalue weighted by molar-refractivity contribution is 8.00. The standard InChI is InChI=1S/C40H42SSi/c1-4-5-16-31-27-37-33(29-17-8-6-9-18-29)22-14-24-35(37)39(31)41-40-32(21-12-13-26-42(2)3)28-38-34(23-15-25-36(38)40)30-19-10-7-11-20-30/h6-11,14-15,17-20,22-28,39-40H,4-5,12-13,16,21H2,1-3H3. The molecule has 0 amide bonds. The maximum Gasteiger partial charge on any atom is 0.0525 e. The summed E-state index contributed by atoms with van der Waals surface area (Å²) in [5, 5.41) is 0.778. The summed E-state index contributed by atoms with van der Waals surface area (Å²) >= 11 is 2.20. The maximum absolute atomic E-state index is 2.58. The lowest BCUT2D eigenvalue weighted by atomic mass is 9.97. The van der Waals surface area contributed by atoms with E-state index in [0.29, 0.717) is 10.5 Å². The van der Waals surface area contributed by atoms with Crippen molar-refractivity contribution >= 4 is 38.0 Å². The molecule has 2 unspecified atom stereocenters. The molecular weight excluding hydrogens is 541 g/mol. The number of benzene rings is 4. The fourth-order valence-corrected chi connectivity index (χ4v) is 9.03. The van der Waals surface area contributed by atoms with E-state index in [1.807, 2.05) is 0 Å². The Morgan fingerprint density at radius 2 is 1.12 bits per heavy atom. The van der Waals surface area contributed by atoms with Crippen molar-refractivity contribution in [3.8, 4) is 22.3 Å². The van der Waals surface area contributed by atoms with Crippen molar-refractivity contribution in [1.82, 2.24) is 0 Å². The average Bonchev–Trinajstić information content (AvgIpc) is 3.56. The van der Waals surface area contributed by atoms with Gasteiger partial charge in [-0.15, -0.1) is 17.4 Å². The van der Waals surface area contributed by atoms with Crippen molar-refractivity contribution in [2.24, 2.45) is 0 Å². The van der Waals surface area contributed by atoms with E-state index in [1.165, 1.54) is 83.0 Å². The van der Waals surface area contributed by atoms with E-state index in [9.17, 15) is 0 Å². The van der Waals surface area contributed by atoms with Crippen LogP contribution < -0.4 is 0 Å². The molecule has 0 saturated carbocycles. The summed E-state index contributed by atoms with van der Waals surface area (Å²) < 4.78 is 0. The Morgan fingerprint density at radius 1 is 0.619 bits per heavy atom. The van der Waals surface area contributed by atoms with E-state index >= 15 is 0 Å². The maximum atomic E-state index is 2.58. The molecule has 42 heavy (non-hydrogen) atoms. The third kappa shape index (κ3) is 6.12. The Bertz CT molecular complexity index is 1620. The second-order valence-corrected chi connectivity index (χ2v) is 15.7. The molecule has 0 N–H and O–H groups in total. The van der Waals surface area contributed by atoms with Gasteiger partial charge in [0.1, 0.15) is 0 Å². The fraction of sp³-hybridized carbons (Fsp3) is 0.275. The topological polar surface area (TPSA) is 0 Å². The number of hydrogen-bond donors (Lipinski definition) is 0.